The van der Waals surface area contributed by atoms with Crippen molar-refractivity contribution in [1.82, 2.24) is 0 Å². The minimum Gasteiger partial charge on any atom is -0.479 e. The highest BCUT2D eigenvalue weighted by molar-refractivity contribution is 6.07. The number of hydrogen-bond donors (Lipinski definition) is 1. The number of aliphatic carboxylic acids is 1. The van der Waals surface area contributed by atoms with Crippen LogP contribution in [0.4, 0.5) is 13.2 Å². The third-order valence-corrected chi connectivity index (χ3v) is 1.35. The number of allylic oxidation sites excluding steroid dienone is 1. The van der Waals surface area contributed by atoms with E-state index in [1.165, 1.54) is 0 Å². The molecule has 0 radical (unpaired) electrons. The molecule has 13 heavy (non-hydrogen) atoms. The first-order valence-electron chi connectivity index (χ1n) is 3.22. The molecule has 3 nitrogen and oxygen atoms in total. The summed E-state index contributed by atoms with van der Waals surface area (Å²) in [6.07, 6.45) is -3.85. The molecule has 0 aliphatic rings. The largest absolute Gasteiger partial charge is 0.479 e. The lowest BCUT2D eigenvalue weighted by Crippen LogP contribution is -2.45. The van der Waals surface area contributed by atoms with Crippen molar-refractivity contribution >= 4 is 11.8 Å². The molecule has 0 aliphatic carbocycles. The zero-order chi connectivity index (χ0) is 10.6. The number of carboxylic acids is 1. The van der Waals surface area contributed by atoms with Gasteiger partial charge in [0, 0.05) is 6.42 Å². The molecule has 0 heterocycles. The van der Waals surface area contributed by atoms with Gasteiger partial charge in [0.1, 0.15) is 0 Å². The van der Waals surface area contributed by atoms with Crippen molar-refractivity contribution in [3.05, 3.63) is 12.7 Å². The number of Topliss-reactive ketones (excluding diaryl/α,β-unsaturated/α-hetero) is 1. The first kappa shape index (κ1) is 11.7. The minimum atomic E-state index is -3.64. The molecular weight excluding hydrogens is 189 g/mol. The number of halogens is 3. The maximum Gasteiger partial charge on any atom is 0.349 e. The van der Waals surface area contributed by atoms with Crippen molar-refractivity contribution in [2.75, 3.05) is 0 Å². The van der Waals surface area contributed by atoms with E-state index in [-0.39, 0.29) is 0 Å². The Morgan fingerprint density at radius 3 is 2.23 bits per heavy atom. The van der Waals surface area contributed by atoms with Crippen molar-refractivity contribution in [3.63, 3.8) is 0 Å². The lowest BCUT2D eigenvalue weighted by molar-refractivity contribution is -0.161. The van der Waals surface area contributed by atoms with Gasteiger partial charge in [-0.25, -0.2) is 18.0 Å². The van der Waals surface area contributed by atoms with Gasteiger partial charge >= 0.3 is 5.97 Å². The normalized spacial score (nSPS) is 15.1. The number of rotatable bonds is 5. The number of ketones is 1. The smallest absolute Gasteiger partial charge is 0.349 e. The van der Waals surface area contributed by atoms with Gasteiger partial charge in [0.25, 0.3) is 12.1 Å². The van der Waals surface area contributed by atoms with E-state index in [4.69, 9.17) is 5.11 Å². The Morgan fingerprint density at radius 2 is 2.00 bits per heavy atom. The topological polar surface area (TPSA) is 54.4 Å². The van der Waals surface area contributed by atoms with Crippen molar-refractivity contribution in [3.8, 4) is 0 Å². The third-order valence-electron chi connectivity index (χ3n) is 1.35. The van der Waals surface area contributed by atoms with Crippen molar-refractivity contribution in [1.29, 1.82) is 0 Å². The summed E-state index contributed by atoms with van der Waals surface area (Å²) in [5, 5.41) is 8.21. The summed E-state index contributed by atoms with van der Waals surface area (Å²) in [5.74, 6) is -4.47. The fraction of sp³-hybridized carbons (Fsp3) is 0.429. The van der Waals surface area contributed by atoms with E-state index in [2.05, 4.69) is 6.58 Å². The highest BCUT2D eigenvalue weighted by Crippen LogP contribution is 2.22. The third kappa shape index (κ3) is 2.30. The summed E-state index contributed by atoms with van der Waals surface area (Å²) >= 11 is 0. The maximum absolute atomic E-state index is 13.1. The molecule has 0 aromatic rings. The molecule has 0 aromatic heterocycles. The number of hydrogen-bond acceptors (Lipinski definition) is 2. The molecule has 0 spiro atoms. The second-order valence-electron chi connectivity index (χ2n) is 2.26. The molecule has 0 rings (SSSR count). The second kappa shape index (κ2) is 4.06. The van der Waals surface area contributed by atoms with Crippen LogP contribution in [0.25, 0.3) is 0 Å². The Morgan fingerprint density at radius 1 is 1.54 bits per heavy atom. The molecule has 0 aromatic carbocycles. The van der Waals surface area contributed by atoms with Gasteiger partial charge in [0.05, 0.1) is 0 Å². The van der Waals surface area contributed by atoms with Crippen LogP contribution in [-0.4, -0.2) is 29.0 Å². The Kier molecular flexibility index (Phi) is 3.65. The van der Waals surface area contributed by atoms with Crippen molar-refractivity contribution < 1.29 is 27.9 Å². The van der Waals surface area contributed by atoms with Gasteiger partial charge in [0.15, 0.2) is 0 Å². The van der Waals surface area contributed by atoms with E-state index in [1.54, 1.807) is 0 Å². The number of carbonyl (C=O) groups is 2. The molecule has 1 unspecified atom stereocenters. The van der Waals surface area contributed by atoms with Crippen LogP contribution in [0.1, 0.15) is 6.42 Å². The number of carbonyl (C=O) groups excluding carboxylic acids is 1. The zero-order valence-corrected chi connectivity index (χ0v) is 6.47. The van der Waals surface area contributed by atoms with Gasteiger partial charge in [-0.2, -0.15) is 0 Å². The molecular formula is C7H7F3O3. The second-order valence-corrected chi connectivity index (χ2v) is 2.26. The van der Waals surface area contributed by atoms with Gasteiger partial charge in [-0.1, -0.05) is 6.08 Å². The van der Waals surface area contributed by atoms with Crippen LogP contribution in [0.2, 0.25) is 0 Å². The molecule has 6 heteroatoms. The molecule has 0 amide bonds. The van der Waals surface area contributed by atoms with E-state index in [9.17, 15) is 22.8 Å². The average molecular weight is 196 g/mol. The number of alkyl halides is 3. The standard InChI is InChI=1S/C7H7F3O3/c1-2-3-7(10,6(12)13)4(11)5(8)9/h2,5H,1,3H2,(H,12,13). The summed E-state index contributed by atoms with van der Waals surface area (Å²) in [4.78, 5) is 20.6. The Labute approximate surface area is 71.9 Å². The van der Waals surface area contributed by atoms with Gasteiger partial charge in [-0.05, 0) is 0 Å². The molecule has 1 atom stereocenters. The van der Waals surface area contributed by atoms with E-state index in [0.29, 0.717) is 0 Å². The summed E-state index contributed by atoms with van der Waals surface area (Å²) in [6.45, 7) is 2.97. The minimum absolute atomic E-state index is 0.758. The van der Waals surface area contributed by atoms with Gasteiger partial charge in [-0.15, -0.1) is 6.58 Å². The maximum atomic E-state index is 13.1. The highest BCUT2D eigenvalue weighted by atomic mass is 19.3. The van der Waals surface area contributed by atoms with Crippen molar-refractivity contribution in [2.24, 2.45) is 0 Å². The van der Waals surface area contributed by atoms with E-state index < -0.39 is 30.3 Å². The average Bonchev–Trinajstić information content (AvgIpc) is 2.02. The van der Waals surface area contributed by atoms with E-state index in [1.807, 2.05) is 0 Å². The summed E-state index contributed by atoms with van der Waals surface area (Å²) in [6, 6.07) is 0. The fourth-order valence-electron chi connectivity index (χ4n) is 0.665. The quantitative estimate of drug-likeness (QED) is 0.530. The summed E-state index contributed by atoms with van der Waals surface area (Å²) in [5.41, 5.74) is -3.56. The molecule has 0 fully saturated rings. The van der Waals surface area contributed by atoms with Gasteiger partial charge in [-0.3, -0.25) is 4.79 Å². The van der Waals surface area contributed by atoms with E-state index in [0.717, 1.165) is 6.08 Å². The fourth-order valence-corrected chi connectivity index (χ4v) is 0.665. The van der Waals surface area contributed by atoms with Crippen LogP contribution < -0.4 is 0 Å². The van der Waals surface area contributed by atoms with Crippen LogP contribution in [0.5, 0.6) is 0 Å². The Bertz CT molecular complexity index is 239. The predicted octanol–water partition coefficient (Wildman–Crippen LogP) is 1.19. The summed E-state index contributed by atoms with van der Waals surface area (Å²) < 4.78 is 36.5. The van der Waals surface area contributed by atoms with Crippen molar-refractivity contribution in [2.45, 2.75) is 18.5 Å². The Hall–Kier alpha value is -1.33. The van der Waals surface area contributed by atoms with Gasteiger partial charge in [0.2, 0.25) is 5.78 Å². The SMILES string of the molecule is C=CCC(F)(C(=O)O)C(=O)C(F)F. The lowest BCUT2D eigenvalue weighted by atomic mass is 9.97. The van der Waals surface area contributed by atoms with Gasteiger partial charge < -0.3 is 5.11 Å². The first-order valence-corrected chi connectivity index (χ1v) is 3.22. The molecule has 0 bridgehead atoms. The van der Waals surface area contributed by atoms with E-state index >= 15 is 0 Å². The first-order chi connectivity index (χ1) is 5.86. The molecule has 74 valence electrons. The molecule has 1 N–H and O–H groups in total. The predicted molar refractivity (Wildman–Crippen MR) is 37.3 cm³/mol. The molecule has 0 aliphatic heterocycles. The van der Waals surface area contributed by atoms with Crippen LogP contribution in [0, 0.1) is 0 Å². The van der Waals surface area contributed by atoms with Crippen LogP contribution in [-0.2, 0) is 9.59 Å². The lowest BCUT2D eigenvalue weighted by Gasteiger charge is -2.16. The zero-order valence-electron chi connectivity index (χ0n) is 6.47. The van der Waals surface area contributed by atoms with Crippen LogP contribution >= 0.6 is 0 Å². The summed E-state index contributed by atoms with van der Waals surface area (Å²) in [7, 11) is 0. The van der Waals surface area contributed by atoms with Crippen LogP contribution in [0.3, 0.4) is 0 Å². The highest BCUT2D eigenvalue weighted by Gasteiger charge is 2.49. The molecule has 0 saturated heterocycles. The van der Waals surface area contributed by atoms with Crippen LogP contribution in [0.15, 0.2) is 12.7 Å². The molecule has 0 saturated carbocycles. The number of carboxylic acid groups (broad SMARTS) is 1. The monoisotopic (exact) mass is 196 g/mol. The Balaban J connectivity index is 4.89.